The number of carbonyl (C=O) groups excluding carboxylic acids is 1. The molecule has 1 aliphatic rings. The van der Waals surface area contributed by atoms with Crippen LogP contribution in [0.4, 0.5) is 10.5 Å². The second kappa shape index (κ2) is 17.4. The third kappa shape index (κ3) is 9.50. The standard InChI is InChI=1S/C42H47N5O6/c43-31-14-16-32(17-15-31)47(42(52)53)36-23-27(13-18-33(36)30-6-2-1-3-7-30)5-4-8-39(50)45-25-29-11-9-28(10-12-29)24-44-26-38(49)34-19-21-37(48)41-35(34)20-22-40(51)46-41/h1-3,6-7,9-13,18-23,31-32,38,44,48-49H,4-5,8,14-17,24-26,43H2,(H,45,50)(H,46,51)(H,52,53)/t31?,32?,38-/m1/s1. The number of aromatic hydroxyl groups is 1. The van der Waals surface area contributed by atoms with Crippen LogP contribution in [0.2, 0.25) is 0 Å². The summed E-state index contributed by atoms with van der Waals surface area (Å²) in [4.78, 5) is 41.3. The number of phenolic OH excluding ortho intramolecular Hbond substituents is 1. The largest absolute Gasteiger partial charge is 0.506 e. The van der Waals surface area contributed by atoms with Gasteiger partial charge < -0.3 is 36.7 Å². The average molecular weight is 718 g/mol. The number of aliphatic hydroxyl groups excluding tert-OH is 1. The van der Waals surface area contributed by atoms with Crippen LogP contribution in [-0.2, 0) is 24.3 Å². The summed E-state index contributed by atoms with van der Waals surface area (Å²) in [5, 5.41) is 38.1. The number of nitrogens with two attached hydrogens (primary N) is 1. The van der Waals surface area contributed by atoms with Gasteiger partial charge >= 0.3 is 6.09 Å². The zero-order chi connectivity index (χ0) is 37.3. The van der Waals surface area contributed by atoms with Crippen molar-refractivity contribution in [1.82, 2.24) is 15.6 Å². The molecule has 1 saturated carbocycles. The molecule has 1 aliphatic carbocycles. The molecule has 0 spiro atoms. The number of H-pyrrole nitrogens is 1. The zero-order valence-corrected chi connectivity index (χ0v) is 29.6. The summed E-state index contributed by atoms with van der Waals surface area (Å²) in [7, 11) is 0. The van der Waals surface area contributed by atoms with Gasteiger partial charge in [0.15, 0.2) is 0 Å². The number of aromatic nitrogens is 1. The van der Waals surface area contributed by atoms with E-state index >= 15 is 0 Å². The predicted octanol–water partition coefficient (Wildman–Crippen LogP) is 6.12. The number of anilines is 1. The fraction of sp³-hybridized carbons (Fsp3) is 0.310. The highest BCUT2D eigenvalue weighted by molar-refractivity contribution is 5.94. The van der Waals surface area contributed by atoms with E-state index in [-0.39, 0.29) is 35.8 Å². The van der Waals surface area contributed by atoms with E-state index < -0.39 is 12.2 Å². The van der Waals surface area contributed by atoms with Crippen molar-refractivity contribution in [2.75, 3.05) is 11.4 Å². The Hall–Kier alpha value is -5.49. The topological polar surface area (TPSA) is 181 Å². The molecule has 53 heavy (non-hydrogen) atoms. The molecule has 1 heterocycles. The van der Waals surface area contributed by atoms with E-state index in [4.69, 9.17) is 5.73 Å². The van der Waals surface area contributed by atoms with Crippen molar-refractivity contribution in [3.8, 4) is 16.9 Å². The van der Waals surface area contributed by atoms with Crippen LogP contribution >= 0.6 is 0 Å². The SMILES string of the molecule is NC1CCC(N(C(=O)O)c2cc(CCCC(=O)NCc3ccc(CNC[C@@H](O)c4ccc(O)c5[nH]c(=O)ccc45)cc3)ccc2-c2ccccc2)CC1. The van der Waals surface area contributed by atoms with Gasteiger partial charge in [-0.3, -0.25) is 14.5 Å². The van der Waals surface area contributed by atoms with Gasteiger partial charge in [-0.25, -0.2) is 4.79 Å². The molecule has 5 aromatic rings. The Kier molecular flexibility index (Phi) is 12.2. The molecule has 276 valence electrons. The number of nitrogens with zero attached hydrogens (tertiary/aromatic N) is 1. The molecule has 8 N–H and O–H groups in total. The fourth-order valence-corrected chi connectivity index (χ4v) is 7.14. The second-order valence-corrected chi connectivity index (χ2v) is 13.8. The Labute approximate surface area is 308 Å². The highest BCUT2D eigenvalue weighted by Crippen LogP contribution is 2.36. The number of hydrogen-bond acceptors (Lipinski definition) is 7. The quantitative estimate of drug-likeness (QED) is 0.0718. The maximum Gasteiger partial charge on any atom is 0.412 e. The minimum absolute atomic E-state index is 0.0520. The van der Waals surface area contributed by atoms with Crippen molar-refractivity contribution in [1.29, 1.82) is 0 Å². The number of aromatic amines is 1. The van der Waals surface area contributed by atoms with Crippen LogP contribution in [0.15, 0.2) is 102 Å². The van der Waals surface area contributed by atoms with Gasteiger partial charge in [0.1, 0.15) is 5.75 Å². The van der Waals surface area contributed by atoms with E-state index in [0.29, 0.717) is 54.5 Å². The smallest absolute Gasteiger partial charge is 0.412 e. The van der Waals surface area contributed by atoms with Gasteiger partial charge in [-0.2, -0.15) is 0 Å². The Balaban J connectivity index is 0.988. The van der Waals surface area contributed by atoms with E-state index in [1.807, 2.05) is 72.8 Å². The number of benzene rings is 4. The summed E-state index contributed by atoms with van der Waals surface area (Å²) in [6.45, 7) is 1.18. The number of rotatable bonds is 14. The lowest BCUT2D eigenvalue weighted by Gasteiger charge is -2.35. The maximum atomic E-state index is 12.8. The summed E-state index contributed by atoms with van der Waals surface area (Å²) in [6.07, 6.45) is 2.81. The summed E-state index contributed by atoms with van der Waals surface area (Å²) in [5.74, 6) is -0.105. The third-order valence-electron chi connectivity index (χ3n) is 10.0. The van der Waals surface area contributed by atoms with E-state index in [1.54, 1.807) is 12.1 Å². The number of fused-ring (bicyclic) bond motifs is 1. The number of carbonyl (C=O) groups is 2. The predicted molar refractivity (Wildman–Crippen MR) is 207 cm³/mol. The van der Waals surface area contributed by atoms with Gasteiger partial charge in [0.25, 0.3) is 0 Å². The van der Waals surface area contributed by atoms with Crippen molar-refractivity contribution < 1.29 is 24.9 Å². The van der Waals surface area contributed by atoms with Gasteiger partial charge in [-0.05, 0) is 84.5 Å². The Bertz CT molecular complexity index is 2080. The van der Waals surface area contributed by atoms with E-state index in [2.05, 4.69) is 15.6 Å². The molecule has 1 aromatic heterocycles. The Morgan fingerprint density at radius 3 is 2.28 bits per heavy atom. The molecule has 11 nitrogen and oxygen atoms in total. The van der Waals surface area contributed by atoms with Crippen LogP contribution in [-0.4, -0.2) is 50.9 Å². The molecule has 0 radical (unpaired) electrons. The Morgan fingerprint density at radius 2 is 1.57 bits per heavy atom. The van der Waals surface area contributed by atoms with Crippen LogP contribution in [0.3, 0.4) is 0 Å². The van der Waals surface area contributed by atoms with Gasteiger partial charge in [-0.15, -0.1) is 0 Å². The van der Waals surface area contributed by atoms with E-state index in [9.17, 15) is 29.7 Å². The number of amides is 2. The first-order valence-corrected chi connectivity index (χ1v) is 18.2. The highest BCUT2D eigenvalue weighted by atomic mass is 16.4. The van der Waals surface area contributed by atoms with Crippen LogP contribution in [0.25, 0.3) is 22.0 Å². The average Bonchev–Trinajstić information content (AvgIpc) is 3.16. The zero-order valence-electron chi connectivity index (χ0n) is 29.6. The molecular formula is C42H47N5O6. The molecule has 1 atom stereocenters. The Morgan fingerprint density at radius 1 is 0.868 bits per heavy atom. The second-order valence-electron chi connectivity index (χ2n) is 13.8. The lowest BCUT2D eigenvalue weighted by Crippen LogP contribution is -2.44. The minimum atomic E-state index is -0.970. The number of nitrogens with one attached hydrogen (secondary N) is 3. The number of phenols is 1. The monoisotopic (exact) mass is 717 g/mol. The van der Waals surface area contributed by atoms with Crippen molar-refractivity contribution in [2.45, 2.75) is 76.2 Å². The summed E-state index contributed by atoms with van der Waals surface area (Å²) in [5.41, 5.74) is 12.2. The van der Waals surface area contributed by atoms with Gasteiger partial charge in [0.2, 0.25) is 11.5 Å². The van der Waals surface area contributed by atoms with Gasteiger partial charge in [-0.1, -0.05) is 72.8 Å². The molecule has 1 fully saturated rings. The van der Waals surface area contributed by atoms with Crippen molar-refractivity contribution >= 4 is 28.6 Å². The van der Waals surface area contributed by atoms with Crippen LogP contribution in [0.1, 0.15) is 66.9 Å². The number of pyridine rings is 1. The molecule has 4 aromatic carbocycles. The van der Waals surface area contributed by atoms with E-state index in [0.717, 1.165) is 53.5 Å². The molecular weight excluding hydrogens is 670 g/mol. The van der Waals surface area contributed by atoms with Crippen LogP contribution in [0.5, 0.6) is 5.75 Å². The number of aryl methyl sites for hydroxylation is 1. The maximum absolute atomic E-state index is 12.8. The normalized spacial score (nSPS) is 16.3. The molecule has 0 bridgehead atoms. The highest BCUT2D eigenvalue weighted by Gasteiger charge is 2.30. The molecule has 0 unspecified atom stereocenters. The lowest BCUT2D eigenvalue weighted by molar-refractivity contribution is -0.121. The van der Waals surface area contributed by atoms with E-state index in [1.165, 1.54) is 17.0 Å². The van der Waals surface area contributed by atoms with Crippen molar-refractivity contribution in [2.24, 2.45) is 5.73 Å². The third-order valence-corrected chi connectivity index (χ3v) is 10.0. The molecule has 6 rings (SSSR count). The minimum Gasteiger partial charge on any atom is -0.506 e. The molecule has 0 aliphatic heterocycles. The van der Waals surface area contributed by atoms with Crippen molar-refractivity contribution in [3.63, 3.8) is 0 Å². The van der Waals surface area contributed by atoms with Crippen LogP contribution in [0, 0.1) is 0 Å². The number of aliphatic hydroxyl groups is 1. The first kappa shape index (κ1) is 37.3. The summed E-state index contributed by atoms with van der Waals surface area (Å²) >= 11 is 0. The van der Waals surface area contributed by atoms with Gasteiger partial charge in [0.05, 0.1) is 17.3 Å². The molecule has 11 heteroatoms. The first-order valence-electron chi connectivity index (χ1n) is 18.2. The molecule has 0 saturated heterocycles. The lowest BCUT2D eigenvalue weighted by atomic mass is 9.89. The van der Waals surface area contributed by atoms with Gasteiger partial charge in [0, 0.05) is 55.2 Å². The number of hydrogen-bond donors (Lipinski definition) is 7. The summed E-state index contributed by atoms with van der Waals surface area (Å²) in [6, 6.07) is 29.7. The fourth-order valence-electron chi connectivity index (χ4n) is 7.14. The first-order chi connectivity index (χ1) is 25.7. The summed E-state index contributed by atoms with van der Waals surface area (Å²) < 4.78 is 0. The van der Waals surface area contributed by atoms with Crippen LogP contribution < -0.4 is 26.8 Å². The van der Waals surface area contributed by atoms with Crippen molar-refractivity contribution in [3.05, 3.63) is 130 Å². The number of carboxylic acid groups (broad SMARTS) is 1. The molecule has 2 amide bonds.